The van der Waals surface area contributed by atoms with E-state index in [4.69, 9.17) is 9.47 Å². The zero-order valence-electron chi connectivity index (χ0n) is 24.6. The minimum Gasteiger partial charge on any atom is -0.478 e. The highest BCUT2D eigenvalue weighted by atomic mass is 28.3. The first-order valence-electron chi connectivity index (χ1n) is 15.2. The van der Waals surface area contributed by atoms with Gasteiger partial charge in [0.05, 0.1) is 17.2 Å². The summed E-state index contributed by atoms with van der Waals surface area (Å²) < 4.78 is 13.5. The van der Waals surface area contributed by atoms with Gasteiger partial charge >= 0.3 is 11.9 Å². The fourth-order valence-electron chi connectivity index (χ4n) is 7.63. The quantitative estimate of drug-likeness (QED) is 0.382. The number of benzene rings is 2. The number of aromatic carboxylic acids is 2. The van der Waals surface area contributed by atoms with E-state index in [1.165, 1.54) is 53.2 Å². The van der Waals surface area contributed by atoms with Crippen LogP contribution in [0.15, 0.2) is 65.4 Å². The van der Waals surface area contributed by atoms with E-state index in [2.05, 4.69) is 45.9 Å². The average Bonchev–Trinajstić information content (AvgIpc) is 2.97. The molecule has 2 aromatic rings. The molecule has 222 valence electrons. The molecule has 0 unspecified atom stereocenters. The van der Waals surface area contributed by atoms with Gasteiger partial charge in [0.15, 0.2) is 24.9 Å². The summed E-state index contributed by atoms with van der Waals surface area (Å²) in [7, 11) is 1.26. The summed E-state index contributed by atoms with van der Waals surface area (Å²) >= 11 is 0. The molecule has 0 bridgehead atoms. The highest BCUT2D eigenvalue weighted by molar-refractivity contribution is 7.00. The molecule has 0 saturated carbocycles. The van der Waals surface area contributed by atoms with Crippen molar-refractivity contribution >= 4 is 42.2 Å². The zero-order valence-corrected chi connectivity index (χ0v) is 25.6. The normalized spacial score (nSPS) is 22.5. The van der Waals surface area contributed by atoms with Crippen LogP contribution in [-0.4, -0.2) is 93.1 Å². The number of rotatable bonds is 6. The van der Waals surface area contributed by atoms with E-state index in [-0.39, 0.29) is 23.3 Å². The van der Waals surface area contributed by atoms with Crippen LogP contribution in [-0.2, 0) is 9.47 Å². The maximum absolute atomic E-state index is 12.6. The van der Waals surface area contributed by atoms with Crippen molar-refractivity contribution in [2.45, 2.75) is 43.6 Å². The standard InChI is InChI=1S/C34H36N2O6Si/c1-41-24-17-35(18-24)22-7-10-27-30(15-22)43(12-4-3-5-13-43)31-16-23(36-19-25(20-36)42-2)8-11-28(31)32(27)29-14-21(33(37)38)6-9-26(29)34(39)40/h6-11,14-16,24-25H,3-5,12-13,17-20H2,1-2H3,(H-,37,38,39,40)/p+1. The highest BCUT2D eigenvalue weighted by Crippen LogP contribution is 2.48. The van der Waals surface area contributed by atoms with Crippen LogP contribution in [0.1, 0.15) is 51.1 Å². The average molecular weight is 598 g/mol. The van der Waals surface area contributed by atoms with Crippen LogP contribution >= 0.6 is 0 Å². The molecular weight excluding hydrogens is 560 g/mol. The van der Waals surface area contributed by atoms with Gasteiger partial charge in [-0.2, -0.15) is 0 Å². The lowest BCUT2D eigenvalue weighted by Crippen LogP contribution is -2.57. The van der Waals surface area contributed by atoms with Gasteiger partial charge in [-0.15, -0.1) is 0 Å². The summed E-state index contributed by atoms with van der Waals surface area (Å²) in [5.74, 6) is -2.14. The van der Waals surface area contributed by atoms with E-state index in [1.54, 1.807) is 20.3 Å². The molecule has 3 fully saturated rings. The molecule has 3 saturated heterocycles. The Morgan fingerprint density at radius 3 is 2.30 bits per heavy atom. The van der Waals surface area contributed by atoms with E-state index < -0.39 is 20.0 Å². The maximum atomic E-state index is 12.6. The molecule has 0 atom stereocenters. The van der Waals surface area contributed by atoms with E-state index in [0.29, 0.717) is 5.56 Å². The number of carboxylic acids is 2. The summed E-state index contributed by atoms with van der Waals surface area (Å²) in [5, 5.41) is 22.9. The Balaban J connectivity index is 1.49. The number of fused-ring (bicyclic) bond motifs is 4. The van der Waals surface area contributed by atoms with E-state index in [1.807, 2.05) is 0 Å². The Morgan fingerprint density at radius 2 is 1.63 bits per heavy atom. The first-order chi connectivity index (χ1) is 20.8. The molecule has 2 N–H and O–H groups in total. The second kappa shape index (κ2) is 10.7. The minimum absolute atomic E-state index is 0.0800. The summed E-state index contributed by atoms with van der Waals surface area (Å²) in [6, 6.07) is 13.4. The minimum atomic E-state index is -2.25. The second-order valence-electron chi connectivity index (χ2n) is 12.4. The van der Waals surface area contributed by atoms with Gasteiger partial charge in [-0.25, -0.2) is 14.2 Å². The van der Waals surface area contributed by atoms with Crippen LogP contribution in [0.4, 0.5) is 5.69 Å². The lowest BCUT2D eigenvalue weighted by atomic mass is 9.86. The Kier molecular flexibility index (Phi) is 6.99. The summed E-state index contributed by atoms with van der Waals surface area (Å²) in [5.41, 5.74) is 5.92. The molecule has 8 nitrogen and oxygen atoms in total. The van der Waals surface area contributed by atoms with Crippen LogP contribution in [0, 0.1) is 0 Å². The van der Waals surface area contributed by atoms with Gasteiger partial charge in [-0.05, 0) is 81.2 Å². The number of hydrogen-bond acceptors (Lipinski definition) is 5. The highest BCUT2D eigenvalue weighted by Gasteiger charge is 2.48. The van der Waals surface area contributed by atoms with Crippen molar-refractivity contribution in [2.24, 2.45) is 0 Å². The van der Waals surface area contributed by atoms with Crippen LogP contribution in [0.25, 0.3) is 5.57 Å². The van der Waals surface area contributed by atoms with Crippen molar-refractivity contribution < 1.29 is 33.9 Å². The molecule has 2 aromatic carbocycles. The third-order valence-corrected chi connectivity index (χ3v) is 15.4. The third-order valence-electron chi connectivity index (χ3n) is 10.1. The molecule has 1 spiro atoms. The van der Waals surface area contributed by atoms with Crippen LogP contribution in [0.2, 0.25) is 12.1 Å². The molecular formula is C34H37N2O6Si+. The fourth-order valence-corrected chi connectivity index (χ4v) is 13.2. The van der Waals surface area contributed by atoms with Gasteiger partial charge in [0.2, 0.25) is 0 Å². The lowest BCUT2D eigenvalue weighted by Gasteiger charge is -2.46. The molecule has 4 aliphatic heterocycles. The van der Waals surface area contributed by atoms with Crippen LogP contribution < -0.4 is 10.1 Å². The predicted octanol–water partition coefficient (Wildman–Crippen LogP) is 4.09. The summed E-state index contributed by atoms with van der Waals surface area (Å²) in [6.07, 6.45) is 10.7. The number of allylic oxidation sites excluding steroid dienone is 5. The topological polar surface area (TPSA) is 99.3 Å². The number of carbonyl (C=O) groups is 2. The van der Waals surface area contributed by atoms with Gasteiger partial charge in [0.25, 0.3) is 0 Å². The number of nitrogens with zero attached hydrogens (tertiary/aromatic N) is 2. The number of methoxy groups -OCH3 is 2. The van der Waals surface area contributed by atoms with E-state index >= 15 is 0 Å². The molecule has 4 heterocycles. The Labute approximate surface area is 252 Å². The Hall–Kier alpha value is -3.79. The third kappa shape index (κ3) is 4.53. The number of hydrogen-bond donors (Lipinski definition) is 2. The van der Waals surface area contributed by atoms with Crippen LogP contribution in [0.5, 0.6) is 0 Å². The van der Waals surface area contributed by atoms with Gasteiger partial charge in [0.1, 0.15) is 8.07 Å². The molecule has 7 rings (SSSR count). The summed E-state index contributed by atoms with van der Waals surface area (Å²) in [4.78, 5) is 27.0. The van der Waals surface area contributed by atoms with Crippen molar-refractivity contribution in [1.82, 2.24) is 0 Å². The Morgan fingerprint density at radius 1 is 0.884 bits per heavy atom. The van der Waals surface area contributed by atoms with Crippen molar-refractivity contribution in [3.63, 3.8) is 0 Å². The number of anilines is 1. The SMILES string of the molecule is COC1CN(c2ccc3c(c2)[Si]2(CCCCC2)C2=CC(=[N+]4CC(OC)C4)C=CC2=C3c2cc(C(=O)O)ccc2C(=O)O)C1. The fraction of sp³-hybridized carbons (Fsp3) is 0.382. The van der Waals surface area contributed by atoms with E-state index in [0.717, 1.165) is 55.0 Å². The first kappa shape index (κ1) is 28.0. The molecule has 9 heteroatoms. The molecule has 1 aliphatic carbocycles. The molecule has 5 aliphatic rings. The Bertz CT molecular complexity index is 1650. The lowest BCUT2D eigenvalue weighted by molar-refractivity contribution is -0.607. The number of ether oxygens (including phenoxy) is 2. The van der Waals surface area contributed by atoms with Crippen molar-refractivity contribution in [3.8, 4) is 0 Å². The molecule has 0 aromatic heterocycles. The van der Waals surface area contributed by atoms with E-state index in [9.17, 15) is 19.8 Å². The van der Waals surface area contributed by atoms with Crippen molar-refractivity contribution in [2.75, 3.05) is 45.3 Å². The monoisotopic (exact) mass is 597 g/mol. The second-order valence-corrected chi connectivity index (χ2v) is 16.6. The van der Waals surface area contributed by atoms with Crippen molar-refractivity contribution in [3.05, 3.63) is 87.6 Å². The van der Waals surface area contributed by atoms with Crippen LogP contribution in [0.3, 0.4) is 0 Å². The predicted molar refractivity (Wildman–Crippen MR) is 168 cm³/mol. The smallest absolute Gasteiger partial charge is 0.336 e. The van der Waals surface area contributed by atoms with Gasteiger partial charge in [-0.1, -0.05) is 25.3 Å². The largest absolute Gasteiger partial charge is 0.478 e. The van der Waals surface area contributed by atoms with Gasteiger partial charge in [-0.3, -0.25) is 0 Å². The summed E-state index contributed by atoms with van der Waals surface area (Å²) in [6.45, 7) is 3.39. The number of carboxylic acid groups (broad SMARTS) is 2. The molecule has 0 radical (unpaired) electrons. The van der Waals surface area contributed by atoms with Crippen molar-refractivity contribution in [1.29, 1.82) is 0 Å². The zero-order chi connectivity index (χ0) is 29.9. The van der Waals surface area contributed by atoms with Gasteiger partial charge in [0, 0.05) is 45.1 Å². The van der Waals surface area contributed by atoms with Gasteiger partial charge < -0.3 is 24.6 Å². The maximum Gasteiger partial charge on any atom is 0.336 e. The molecule has 0 amide bonds. The molecule has 43 heavy (non-hydrogen) atoms. The first-order valence-corrected chi connectivity index (χ1v) is 17.6.